The molecule has 4 heteroatoms. The summed E-state index contributed by atoms with van der Waals surface area (Å²) in [6.45, 7) is 5.59. The van der Waals surface area contributed by atoms with Crippen LogP contribution in [0.3, 0.4) is 0 Å². The molecule has 0 aliphatic carbocycles. The van der Waals surface area contributed by atoms with Gasteiger partial charge in [-0.1, -0.05) is 0 Å². The SMILES string of the molecule is CC1CN(C(=O)CCCCN)CCN1C. The van der Waals surface area contributed by atoms with E-state index in [1.807, 2.05) is 4.90 Å². The van der Waals surface area contributed by atoms with Crippen LogP contribution in [0.25, 0.3) is 0 Å². The molecule has 0 spiro atoms. The fourth-order valence-corrected chi connectivity index (χ4v) is 1.85. The van der Waals surface area contributed by atoms with Crippen molar-refractivity contribution < 1.29 is 4.79 Å². The van der Waals surface area contributed by atoms with Gasteiger partial charge in [-0.25, -0.2) is 0 Å². The number of hydrogen-bond acceptors (Lipinski definition) is 3. The lowest BCUT2D eigenvalue weighted by Gasteiger charge is -2.37. The molecule has 1 rings (SSSR count). The second kappa shape index (κ2) is 6.08. The molecule has 1 atom stereocenters. The van der Waals surface area contributed by atoms with E-state index < -0.39 is 0 Å². The topological polar surface area (TPSA) is 49.6 Å². The maximum atomic E-state index is 11.8. The van der Waals surface area contributed by atoms with Gasteiger partial charge in [0, 0.05) is 32.1 Å². The fraction of sp³-hybridized carbons (Fsp3) is 0.909. The van der Waals surface area contributed by atoms with E-state index in [1.165, 1.54) is 0 Å². The van der Waals surface area contributed by atoms with Crippen LogP contribution in [-0.4, -0.2) is 55.0 Å². The summed E-state index contributed by atoms with van der Waals surface area (Å²) in [6, 6.07) is 0.484. The predicted octanol–water partition coefficient (Wildman–Crippen LogP) is 0.278. The lowest BCUT2D eigenvalue weighted by atomic mass is 10.1. The molecule has 15 heavy (non-hydrogen) atoms. The molecule has 1 unspecified atom stereocenters. The van der Waals surface area contributed by atoms with E-state index in [1.54, 1.807) is 0 Å². The Labute approximate surface area is 92.4 Å². The van der Waals surface area contributed by atoms with Gasteiger partial charge >= 0.3 is 0 Å². The van der Waals surface area contributed by atoms with Gasteiger partial charge < -0.3 is 15.5 Å². The number of nitrogens with zero attached hydrogens (tertiary/aromatic N) is 2. The van der Waals surface area contributed by atoms with Gasteiger partial charge in [0.05, 0.1) is 0 Å². The van der Waals surface area contributed by atoms with Gasteiger partial charge in [0.15, 0.2) is 0 Å². The second-order valence-corrected chi connectivity index (χ2v) is 4.42. The summed E-state index contributed by atoms with van der Waals surface area (Å²) in [7, 11) is 2.11. The Morgan fingerprint density at radius 2 is 2.13 bits per heavy atom. The highest BCUT2D eigenvalue weighted by atomic mass is 16.2. The Balaban J connectivity index is 2.28. The highest BCUT2D eigenvalue weighted by molar-refractivity contribution is 5.76. The first-order chi connectivity index (χ1) is 7.15. The molecular weight excluding hydrogens is 190 g/mol. The number of piperazine rings is 1. The first kappa shape index (κ1) is 12.5. The maximum absolute atomic E-state index is 11.8. The van der Waals surface area contributed by atoms with Crippen LogP contribution in [-0.2, 0) is 4.79 Å². The van der Waals surface area contributed by atoms with E-state index in [2.05, 4.69) is 18.9 Å². The number of rotatable bonds is 4. The molecule has 1 amide bonds. The summed E-state index contributed by atoms with van der Waals surface area (Å²) >= 11 is 0. The number of amides is 1. The van der Waals surface area contributed by atoms with E-state index in [-0.39, 0.29) is 0 Å². The van der Waals surface area contributed by atoms with E-state index >= 15 is 0 Å². The number of unbranched alkanes of at least 4 members (excludes halogenated alkanes) is 1. The van der Waals surface area contributed by atoms with Crippen molar-refractivity contribution in [2.45, 2.75) is 32.2 Å². The zero-order valence-electron chi connectivity index (χ0n) is 9.91. The van der Waals surface area contributed by atoms with Gasteiger partial charge in [-0.2, -0.15) is 0 Å². The Morgan fingerprint density at radius 1 is 1.40 bits per heavy atom. The standard InChI is InChI=1S/C11H23N3O/c1-10-9-14(8-7-13(10)2)11(15)5-3-4-6-12/h10H,3-9,12H2,1-2H3. The number of hydrogen-bond donors (Lipinski definition) is 1. The molecule has 0 saturated carbocycles. The van der Waals surface area contributed by atoms with Crippen LogP contribution in [0.2, 0.25) is 0 Å². The minimum Gasteiger partial charge on any atom is -0.340 e. The monoisotopic (exact) mass is 213 g/mol. The summed E-state index contributed by atoms with van der Waals surface area (Å²) in [6.07, 6.45) is 2.54. The summed E-state index contributed by atoms with van der Waals surface area (Å²) in [5.74, 6) is 0.295. The third-order valence-electron chi connectivity index (χ3n) is 3.16. The van der Waals surface area contributed by atoms with E-state index in [9.17, 15) is 4.79 Å². The Morgan fingerprint density at radius 3 is 2.73 bits per heavy atom. The first-order valence-electron chi connectivity index (χ1n) is 5.83. The number of likely N-dealkylation sites (N-methyl/N-ethyl adjacent to an activating group) is 1. The fourth-order valence-electron chi connectivity index (χ4n) is 1.85. The van der Waals surface area contributed by atoms with Crippen molar-refractivity contribution in [3.05, 3.63) is 0 Å². The van der Waals surface area contributed by atoms with Crippen molar-refractivity contribution in [3.63, 3.8) is 0 Å². The normalized spacial score (nSPS) is 23.1. The zero-order valence-corrected chi connectivity index (χ0v) is 9.91. The van der Waals surface area contributed by atoms with E-state index in [0.29, 0.717) is 24.9 Å². The second-order valence-electron chi connectivity index (χ2n) is 4.42. The Hall–Kier alpha value is -0.610. The molecule has 0 bridgehead atoms. The third kappa shape index (κ3) is 3.80. The minimum absolute atomic E-state index is 0.295. The van der Waals surface area contributed by atoms with Crippen LogP contribution in [0, 0.1) is 0 Å². The van der Waals surface area contributed by atoms with Crippen LogP contribution >= 0.6 is 0 Å². The Bertz CT molecular complexity index is 208. The smallest absolute Gasteiger partial charge is 0.222 e. The molecule has 0 radical (unpaired) electrons. The van der Waals surface area contributed by atoms with Gasteiger partial charge in [0.1, 0.15) is 0 Å². The molecule has 1 saturated heterocycles. The quantitative estimate of drug-likeness (QED) is 0.682. The van der Waals surface area contributed by atoms with Crippen LogP contribution in [0.4, 0.5) is 0 Å². The molecule has 0 aromatic carbocycles. The van der Waals surface area contributed by atoms with Crippen LogP contribution in [0.1, 0.15) is 26.2 Å². The predicted molar refractivity (Wildman–Crippen MR) is 61.6 cm³/mol. The molecule has 0 aromatic heterocycles. The molecule has 1 fully saturated rings. The van der Waals surface area contributed by atoms with Crippen molar-refractivity contribution in [1.82, 2.24) is 9.80 Å². The van der Waals surface area contributed by atoms with Gasteiger partial charge in [0.25, 0.3) is 0 Å². The number of carbonyl (C=O) groups is 1. The van der Waals surface area contributed by atoms with Crippen LogP contribution < -0.4 is 5.73 Å². The summed E-state index contributed by atoms with van der Waals surface area (Å²) in [5.41, 5.74) is 5.40. The Kier molecular flexibility index (Phi) is 5.05. The van der Waals surface area contributed by atoms with Crippen molar-refractivity contribution in [2.75, 3.05) is 33.2 Å². The van der Waals surface area contributed by atoms with E-state index in [4.69, 9.17) is 5.73 Å². The van der Waals surface area contributed by atoms with Gasteiger partial charge in [-0.3, -0.25) is 4.79 Å². The average molecular weight is 213 g/mol. The summed E-state index contributed by atoms with van der Waals surface area (Å²) in [5, 5.41) is 0. The average Bonchev–Trinajstić information content (AvgIpc) is 2.22. The molecule has 1 heterocycles. The van der Waals surface area contributed by atoms with Crippen LogP contribution in [0.5, 0.6) is 0 Å². The first-order valence-corrected chi connectivity index (χ1v) is 5.83. The van der Waals surface area contributed by atoms with Gasteiger partial charge in [-0.05, 0) is 33.4 Å². The third-order valence-corrected chi connectivity index (χ3v) is 3.16. The minimum atomic E-state index is 0.295. The number of carbonyl (C=O) groups excluding carboxylic acids is 1. The molecule has 1 aliphatic rings. The molecule has 88 valence electrons. The maximum Gasteiger partial charge on any atom is 0.222 e. The van der Waals surface area contributed by atoms with Crippen molar-refractivity contribution in [3.8, 4) is 0 Å². The molecule has 0 aromatic rings. The van der Waals surface area contributed by atoms with Crippen molar-refractivity contribution in [2.24, 2.45) is 5.73 Å². The lowest BCUT2D eigenvalue weighted by Crippen LogP contribution is -2.51. The van der Waals surface area contributed by atoms with Crippen molar-refractivity contribution >= 4 is 5.91 Å². The lowest BCUT2D eigenvalue weighted by molar-refractivity contribution is -0.133. The van der Waals surface area contributed by atoms with Crippen LogP contribution in [0.15, 0.2) is 0 Å². The number of nitrogens with two attached hydrogens (primary N) is 1. The highest BCUT2D eigenvalue weighted by Crippen LogP contribution is 2.09. The van der Waals surface area contributed by atoms with E-state index in [0.717, 1.165) is 32.5 Å². The molecule has 2 N–H and O–H groups in total. The van der Waals surface area contributed by atoms with Gasteiger partial charge in [-0.15, -0.1) is 0 Å². The van der Waals surface area contributed by atoms with Gasteiger partial charge in [0.2, 0.25) is 5.91 Å². The highest BCUT2D eigenvalue weighted by Gasteiger charge is 2.23. The largest absolute Gasteiger partial charge is 0.340 e. The van der Waals surface area contributed by atoms with Crippen molar-refractivity contribution in [1.29, 1.82) is 0 Å². The molecular formula is C11H23N3O. The summed E-state index contributed by atoms with van der Waals surface area (Å²) in [4.78, 5) is 16.1. The molecule has 4 nitrogen and oxygen atoms in total. The zero-order chi connectivity index (χ0) is 11.3. The molecule has 1 aliphatic heterocycles. The summed E-state index contributed by atoms with van der Waals surface area (Å²) < 4.78 is 0.